The number of nitrogens with two attached hydrogens (primary N) is 3. The minimum atomic E-state index is -1.01. The van der Waals surface area contributed by atoms with Gasteiger partial charge in [-0.2, -0.15) is 0 Å². The zero-order valence-corrected chi connectivity index (χ0v) is 35.7. The van der Waals surface area contributed by atoms with Crippen LogP contribution < -0.4 is 34.2 Å². The van der Waals surface area contributed by atoms with Gasteiger partial charge in [-0.3, -0.25) is 38.7 Å². The second kappa shape index (κ2) is 29.9. The Balaban J connectivity index is 0.000000809. The normalized spacial score (nSPS) is 20.8. The maximum absolute atomic E-state index is 11.7. The van der Waals surface area contributed by atoms with Crippen molar-refractivity contribution in [1.82, 2.24) is 24.9 Å². The number of carboxylic acid groups (broad SMARTS) is 1. The molecule has 57 heavy (non-hydrogen) atoms. The van der Waals surface area contributed by atoms with Gasteiger partial charge >= 0.3 is 17.5 Å². The third kappa shape index (κ3) is 19.8. The fourth-order valence-electron chi connectivity index (χ4n) is 6.66. The van der Waals surface area contributed by atoms with Crippen LogP contribution in [0.2, 0.25) is 0 Å². The van der Waals surface area contributed by atoms with Gasteiger partial charge < -0.3 is 22.3 Å². The van der Waals surface area contributed by atoms with Crippen LogP contribution in [0.4, 0.5) is 0 Å². The molecule has 0 bridgehead atoms. The summed E-state index contributed by atoms with van der Waals surface area (Å²) in [5.41, 5.74) is 18.9. The SMILES string of the molecule is CC(N)C/C=C\CC1CCCCC(NO)=N1.CC(N)C/C=C\CC1CCCCc2noc(=O)n21.Cl.Cl.Cl.NC(C/C=C/CC1CCCCc2noc(=O)n21)C(=O)O. The average molecular weight is 867 g/mol. The standard InChI is InChI=1S/C13H19N3O4.C13H21N3O2.C12H23N3O.3ClH/c14-10(12(17)18)7-3-1-5-9-6-2-4-8-11-15-20-13(19)16(9)11;1-10(14)6-2-3-7-11-8-4-5-9-12-15-18-13(17)16(11)12;1-10(13)6-2-3-7-11-8-4-5-9-12(14-11)15-16;;;/h1,3,9-10H,2,4-8,14H2,(H,17,18);2-3,10-11H,4-9,14H2,1H3;2-3,10-11,16H,4-9,13H2,1H3,(H,14,15);3*1H/b3-1+;2*3-2-;;;. The number of aliphatic imine (C=N–C) groups is 1. The predicted octanol–water partition coefficient (Wildman–Crippen LogP) is 5.89. The number of nitrogens with one attached hydrogen (secondary N) is 1. The first-order valence-electron chi connectivity index (χ1n) is 19.6. The molecule has 0 amide bonds. The highest BCUT2D eigenvalue weighted by Crippen LogP contribution is 2.25. The number of aryl methyl sites for hydroxylation is 2. The van der Waals surface area contributed by atoms with E-state index in [1.165, 1.54) is 6.42 Å². The van der Waals surface area contributed by atoms with Crippen LogP contribution in [0.15, 0.2) is 60.1 Å². The molecule has 3 aliphatic rings. The molecular weight excluding hydrogens is 801 g/mol. The van der Waals surface area contributed by atoms with E-state index in [0.29, 0.717) is 18.3 Å². The molecule has 0 saturated carbocycles. The maximum Gasteiger partial charge on any atom is 0.441 e. The van der Waals surface area contributed by atoms with Gasteiger partial charge in [0, 0.05) is 43.4 Å². The Kier molecular flexibility index (Phi) is 28.2. The summed E-state index contributed by atoms with van der Waals surface area (Å²) in [4.78, 5) is 38.4. The summed E-state index contributed by atoms with van der Waals surface area (Å²) in [6.45, 7) is 3.99. The van der Waals surface area contributed by atoms with Crippen LogP contribution in [0.5, 0.6) is 0 Å². The van der Waals surface area contributed by atoms with E-state index < -0.39 is 17.8 Å². The number of hydrogen-bond donors (Lipinski definition) is 6. The van der Waals surface area contributed by atoms with E-state index in [0.717, 1.165) is 108 Å². The van der Waals surface area contributed by atoms with Crippen LogP contribution in [-0.2, 0) is 17.6 Å². The number of halogens is 3. The highest BCUT2D eigenvalue weighted by atomic mass is 35.5. The van der Waals surface area contributed by atoms with E-state index in [4.69, 9.17) is 36.6 Å². The number of nitrogens with zero attached hydrogens (tertiary/aromatic N) is 5. The summed E-state index contributed by atoms with van der Waals surface area (Å²) in [5, 5.41) is 25.2. The first-order valence-corrected chi connectivity index (χ1v) is 19.6. The van der Waals surface area contributed by atoms with Gasteiger partial charge in [-0.05, 0) is 90.9 Å². The molecule has 5 rings (SSSR count). The summed E-state index contributed by atoms with van der Waals surface area (Å²) >= 11 is 0. The molecule has 9 N–H and O–H groups in total. The molecule has 16 nitrogen and oxygen atoms in total. The van der Waals surface area contributed by atoms with Gasteiger partial charge in [0.05, 0.1) is 6.04 Å². The monoisotopic (exact) mass is 865 g/mol. The van der Waals surface area contributed by atoms with Crippen molar-refractivity contribution in [2.24, 2.45) is 22.2 Å². The molecule has 5 heterocycles. The molecule has 19 heteroatoms. The van der Waals surface area contributed by atoms with E-state index in [2.05, 4.69) is 45.1 Å². The van der Waals surface area contributed by atoms with Crippen molar-refractivity contribution in [2.45, 2.75) is 166 Å². The number of carbonyl (C=O) groups is 1. The summed E-state index contributed by atoms with van der Waals surface area (Å²) in [7, 11) is 0. The predicted molar refractivity (Wildman–Crippen MR) is 229 cm³/mol. The van der Waals surface area contributed by atoms with Crippen LogP contribution >= 0.6 is 37.2 Å². The van der Waals surface area contributed by atoms with Crippen molar-refractivity contribution in [3.05, 3.63) is 69.2 Å². The van der Waals surface area contributed by atoms with Crippen molar-refractivity contribution < 1.29 is 24.2 Å². The van der Waals surface area contributed by atoms with Crippen molar-refractivity contribution >= 4 is 49.0 Å². The average Bonchev–Trinajstić information content (AvgIpc) is 3.40. The molecule has 326 valence electrons. The lowest BCUT2D eigenvalue weighted by molar-refractivity contribution is -0.138. The largest absolute Gasteiger partial charge is 0.480 e. The van der Waals surface area contributed by atoms with Crippen molar-refractivity contribution in [3.8, 4) is 0 Å². The number of amidine groups is 1. The van der Waals surface area contributed by atoms with E-state index in [-0.39, 0.29) is 73.6 Å². The summed E-state index contributed by atoms with van der Waals surface area (Å²) in [5.74, 6) is 0.473. The number of hydrogen-bond acceptors (Lipinski definition) is 13. The zero-order valence-electron chi connectivity index (χ0n) is 33.3. The summed E-state index contributed by atoms with van der Waals surface area (Å²) < 4.78 is 12.8. The van der Waals surface area contributed by atoms with E-state index in [1.54, 1.807) is 15.2 Å². The van der Waals surface area contributed by atoms with Gasteiger partial charge in [0.25, 0.3) is 0 Å². The van der Waals surface area contributed by atoms with Crippen molar-refractivity contribution in [3.63, 3.8) is 0 Å². The summed E-state index contributed by atoms with van der Waals surface area (Å²) in [6.07, 6.45) is 28.6. The molecule has 0 radical (unpaired) electrons. The van der Waals surface area contributed by atoms with E-state index in [9.17, 15) is 14.4 Å². The first-order chi connectivity index (χ1) is 26.0. The molecule has 0 spiro atoms. The van der Waals surface area contributed by atoms with Crippen LogP contribution in [0, 0.1) is 0 Å². The number of fused-ring (bicyclic) bond motifs is 2. The van der Waals surface area contributed by atoms with Gasteiger partial charge in [0.15, 0.2) is 11.6 Å². The van der Waals surface area contributed by atoms with Gasteiger partial charge in [0.1, 0.15) is 11.9 Å². The Bertz CT molecular complexity index is 1640. The number of allylic oxidation sites excluding steroid dienone is 2. The quantitative estimate of drug-likeness (QED) is 0.101. The lowest BCUT2D eigenvalue weighted by atomic mass is 10.1. The molecule has 6 atom stereocenters. The van der Waals surface area contributed by atoms with Crippen LogP contribution in [0.25, 0.3) is 0 Å². The minimum Gasteiger partial charge on any atom is -0.480 e. The maximum atomic E-state index is 11.7. The van der Waals surface area contributed by atoms with E-state index >= 15 is 0 Å². The van der Waals surface area contributed by atoms with Crippen LogP contribution in [0.1, 0.15) is 140 Å². The Morgan fingerprint density at radius 3 is 1.61 bits per heavy atom. The molecule has 2 aromatic heterocycles. The summed E-state index contributed by atoms with van der Waals surface area (Å²) in [6, 6.07) is 0.0534. The Morgan fingerprint density at radius 1 is 0.719 bits per heavy atom. The van der Waals surface area contributed by atoms with Gasteiger partial charge in [-0.15, -0.1) is 37.2 Å². The molecule has 0 aromatic carbocycles. The minimum absolute atomic E-state index is 0. The lowest BCUT2D eigenvalue weighted by Gasteiger charge is -2.13. The molecule has 0 aliphatic carbocycles. The van der Waals surface area contributed by atoms with Crippen LogP contribution in [-0.4, -0.2) is 65.7 Å². The smallest absolute Gasteiger partial charge is 0.441 e. The molecule has 3 aliphatic heterocycles. The van der Waals surface area contributed by atoms with E-state index in [1.807, 2.05) is 19.9 Å². The highest BCUT2D eigenvalue weighted by Gasteiger charge is 2.23. The second-order valence-electron chi connectivity index (χ2n) is 14.6. The number of aliphatic carboxylic acids is 1. The highest BCUT2D eigenvalue weighted by molar-refractivity contribution is 5.86. The third-order valence-electron chi connectivity index (χ3n) is 9.63. The molecule has 0 saturated heterocycles. The fraction of sp³-hybridized carbons (Fsp3) is 0.684. The molecule has 0 fully saturated rings. The molecule has 2 aromatic rings. The molecule has 6 unspecified atom stereocenters. The van der Waals surface area contributed by atoms with Crippen molar-refractivity contribution in [2.75, 3.05) is 0 Å². The van der Waals surface area contributed by atoms with Crippen LogP contribution in [0.3, 0.4) is 0 Å². The van der Waals surface area contributed by atoms with Gasteiger partial charge in [0.2, 0.25) is 0 Å². The second-order valence-corrected chi connectivity index (χ2v) is 14.6. The number of carboxylic acids is 1. The fourth-order valence-corrected chi connectivity index (χ4v) is 6.66. The van der Waals surface area contributed by atoms with Gasteiger partial charge in [-0.25, -0.2) is 9.59 Å². The Hall–Kier alpha value is -3.25. The van der Waals surface area contributed by atoms with Gasteiger partial charge in [-0.1, -0.05) is 66.0 Å². The number of hydroxylamine groups is 1. The lowest BCUT2D eigenvalue weighted by Crippen LogP contribution is -2.29. The number of aromatic nitrogens is 4. The number of rotatable bonds is 13. The topological polar surface area (TPSA) is 256 Å². The van der Waals surface area contributed by atoms with Crippen molar-refractivity contribution in [1.29, 1.82) is 0 Å². The molecular formula is C38H66Cl3N9O7. The third-order valence-corrected chi connectivity index (χ3v) is 9.63. The zero-order chi connectivity index (χ0) is 39.3. The first kappa shape index (κ1) is 53.8. The Morgan fingerprint density at radius 2 is 1.16 bits per heavy atom. The Labute approximate surface area is 354 Å².